The Hall–Kier alpha value is -1.06. The van der Waals surface area contributed by atoms with Crippen LogP contribution < -0.4 is 10.1 Å². The van der Waals surface area contributed by atoms with E-state index in [0.29, 0.717) is 18.1 Å². The molecule has 2 heterocycles. The zero-order valence-electron chi connectivity index (χ0n) is 9.46. The summed E-state index contributed by atoms with van der Waals surface area (Å²) in [6, 6.07) is 3.79. The van der Waals surface area contributed by atoms with Gasteiger partial charge in [-0.1, -0.05) is 11.6 Å². The Kier molecular flexibility index (Phi) is 2.81. The van der Waals surface area contributed by atoms with E-state index >= 15 is 0 Å². The molecule has 0 atom stereocenters. The molecule has 1 N–H and O–H groups in total. The van der Waals surface area contributed by atoms with Crippen LogP contribution in [0.2, 0.25) is 5.02 Å². The Labute approximate surface area is 105 Å². The second-order valence-electron chi connectivity index (χ2n) is 4.65. The van der Waals surface area contributed by atoms with Gasteiger partial charge in [0.05, 0.1) is 6.61 Å². The third kappa shape index (κ3) is 2.05. The standard InChI is InChI=1S/C13H14ClNO2/c14-11-3-8-1-2-17-13(8)9(4-11)5-12(16)10-6-15-7-10/h3-4,10,15H,1-2,5-7H2. The fourth-order valence-electron chi connectivity index (χ4n) is 2.33. The predicted octanol–water partition coefficient (Wildman–Crippen LogP) is 1.61. The number of carbonyl (C=O) groups excluding carboxylic acids is 1. The van der Waals surface area contributed by atoms with Crippen molar-refractivity contribution in [2.75, 3.05) is 19.7 Å². The van der Waals surface area contributed by atoms with Gasteiger partial charge in [0.25, 0.3) is 0 Å². The number of fused-ring (bicyclic) bond motifs is 1. The Morgan fingerprint density at radius 3 is 3.00 bits per heavy atom. The van der Waals surface area contributed by atoms with Crippen LogP contribution in [0, 0.1) is 5.92 Å². The van der Waals surface area contributed by atoms with Gasteiger partial charge < -0.3 is 10.1 Å². The summed E-state index contributed by atoms with van der Waals surface area (Å²) in [6.07, 6.45) is 1.33. The number of benzene rings is 1. The van der Waals surface area contributed by atoms with E-state index < -0.39 is 0 Å². The number of nitrogens with one attached hydrogen (secondary N) is 1. The van der Waals surface area contributed by atoms with Gasteiger partial charge in [-0.3, -0.25) is 4.79 Å². The third-order valence-electron chi connectivity index (χ3n) is 3.43. The minimum absolute atomic E-state index is 0.172. The van der Waals surface area contributed by atoms with Crippen LogP contribution in [0.25, 0.3) is 0 Å². The highest BCUT2D eigenvalue weighted by Crippen LogP contribution is 2.33. The Balaban J connectivity index is 1.84. The minimum Gasteiger partial charge on any atom is -0.493 e. The maximum Gasteiger partial charge on any atom is 0.143 e. The Bertz CT molecular complexity index is 469. The van der Waals surface area contributed by atoms with Gasteiger partial charge in [-0.25, -0.2) is 0 Å². The van der Waals surface area contributed by atoms with Gasteiger partial charge in [0.1, 0.15) is 11.5 Å². The van der Waals surface area contributed by atoms with Gasteiger partial charge in [-0.05, 0) is 17.7 Å². The van der Waals surface area contributed by atoms with Crippen molar-refractivity contribution in [2.45, 2.75) is 12.8 Å². The molecule has 3 nitrogen and oxygen atoms in total. The normalized spacial score (nSPS) is 18.4. The number of hydrogen-bond donors (Lipinski definition) is 1. The summed E-state index contributed by atoms with van der Waals surface area (Å²) in [6.45, 7) is 2.31. The van der Waals surface area contributed by atoms with Gasteiger partial charge in [-0.2, -0.15) is 0 Å². The number of halogens is 1. The largest absolute Gasteiger partial charge is 0.493 e. The van der Waals surface area contributed by atoms with Crippen LogP contribution in [0.1, 0.15) is 11.1 Å². The van der Waals surface area contributed by atoms with Crippen molar-refractivity contribution in [3.05, 3.63) is 28.3 Å². The lowest BCUT2D eigenvalue weighted by Crippen LogP contribution is -2.47. The number of hydrogen-bond acceptors (Lipinski definition) is 3. The topological polar surface area (TPSA) is 38.3 Å². The summed E-state index contributed by atoms with van der Waals surface area (Å²) in [7, 11) is 0. The van der Waals surface area contributed by atoms with E-state index in [-0.39, 0.29) is 11.7 Å². The average molecular weight is 252 g/mol. The van der Waals surface area contributed by atoms with Crippen LogP contribution in [0.4, 0.5) is 0 Å². The van der Waals surface area contributed by atoms with Crippen molar-refractivity contribution in [1.82, 2.24) is 5.32 Å². The SMILES string of the molecule is O=C(Cc1cc(Cl)cc2c1OCC2)C1CNC1. The number of carbonyl (C=O) groups is 1. The zero-order valence-corrected chi connectivity index (χ0v) is 10.2. The summed E-state index contributed by atoms with van der Waals surface area (Å²) < 4.78 is 5.59. The lowest BCUT2D eigenvalue weighted by atomic mass is 9.92. The first-order valence-corrected chi connectivity index (χ1v) is 6.29. The van der Waals surface area contributed by atoms with Crippen LogP contribution >= 0.6 is 11.6 Å². The van der Waals surface area contributed by atoms with E-state index in [0.717, 1.165) is 36.4 Å². The molecule has 0 aromatic heterocycles. The predicted molar refractivity (Wildman–Crippen MR) is 65.7 cm³/mol. The molecule has 0 aliphatic carbocycles. The second kappa shape index (κ2) is 4.31. The van der Waals surface area contributed by atoms with Crippen molar-refractivity contribution in [1.29, 1.82) is 0 Å². The van der Waals surface area contributed by atoms with Gasteiger partial charge >= 0.3 is 0 Å². The highest BCUT2D eigenvalue weighted by molar-refractivity contribution is 6.30. The number of ketones is 1. The molecule has 90 valence electrons. The average Bonchev–Trinajstić information content (AvgIpc) is 2.62. The van der Waals surface area contributed by atoms with Crippen molar-refractivity contribution in [2.24, 2.45) is 5.92 Å². The maximum atomic E-state index is 12.0. The molecule has 4 heteroatoms. The molecular formula is C13H14ClNO2. The zero-order chi connectivity index (χ0) is 11.8. The molecule has 3 rings (SSSR count). The molecule has 0 radical (unpaired) electrons. The fraction of sp³-hybridized carbons (Fsp3) is 0.462. The molecule has 1 saturated heterocycles. The highest BCUT2D eigenvalue weighted by Gasteiger charge is 2.27. The van der Waals surface area contributed by atoms with Crippen molar-refractivity contribution in [3.8, 4) is 5.75 Å². The Morgan fingerprint density at radius 1 is 1.47 bits per heavy atom. The summed E-state index contributed by atoms with van der Waals surface area (Å²) in [5, 5.41) is 3.81. The van der Waals surface area contributed by atoms with E-state index in [1.165, 1.54) is 0 Å². The monoisotopic (exact) mass is 251 g/mol. The van der Waals surface area contributed by atoms with Crippen molar-refractivity contribution in [3.63, 3.8) is 0 Å². The molecule has 0 amide bonds. The van der Waals surface area contributed by atoms with Crippen LogP contribution in [-0.2, 0) is 17.6 Å². The Morgan fingerprint density at radius 2 is 2.29 bits per heavy atom. The van der Waals surface area contributed by atoms with Crippen molar-refractivity contribution >= 4 is 17.4 Å². The summed E-state index contributed by atoms with van der Waals surface area (Å²) in [5.41, 5.74) is 2.08. The molecule has 1 fully saturated rings. The van der Waals surface area contributed by atoms with E-state index in [9.17, 15) is 4.79 Å². The minimum atomic E-state index is 0.172. The first-order valence-electron chi connectivity index (χ1n) is 5.91. The smallest absolute Gasteiger partial charge is 0.143 e. The van der Waals surface area contributed by atoms with Crippen LogP contribution in [0.3, 0.4) is 0 Å². The van der Waals surface area contributed by atoms with Gasteiger partial charge in [-0.15, -0.1) is 0 Å². The molecule has 0 unspecified atom stereocenters. The van der Waals surface area contributed by atoms with Crippen molar-refractivity contribution < 1.29 is 9.53 Å². The molecular weight excluding hydrogens is 238 g/mol. The molecule has 17 heavy (non-hydrogen) atoms. The number of rotatable bonds is 3. The lowest BCUT2D eigenvalue weighted by Gasteiger charge is -2.25. The van der Waals surface area contributed by atoms with E-state index in [1.54, 1.807) is 0 Å². The summed E-state index contributed by atoms with van der Waals surface area (Å²) in [4.78, 5) is 12.0. The quantitative estimate of drug-likeness (QED) is 0.887. The molecule has 1 aromatic carbocycles. The number of ether oxygens (including phenoxy) is 1. The van der Waals surface area contributed by atoms with E-state index in [2.05, 4.69) is 5.32 Å². The first kappa shape index (κ1) is 11.1. The van der Waals surface area contributed by atoms with Crippen LogP contribution in [0.15, 0.2) is 12.1 Å². The molecule has 1 aromatic rings. The maximum absolute atomic E-state index is 12.0. The molecule has 2 aliphatic heterocycles. The fourth-order valence-corrected chi connectivity index (χ4v) is 2.59. The van der Waals surface area contributed by atoms with E-state index in [1.807, 2.05) is 12.1 Å². The summed E-state index contributed by atoms with van der Waals surface area (Å²) in [5.74, 6) is 1.34. The molecule has 0 bridgehead atoms. The second-order valence-corrected chi connectivity index (χ2v) is 5.09. The highest BCUT2D eigenvalue weighted by atomic mass is 35.5. The summed E-state index contributed by atoms with van der Waals surface area (Å²) >= 11 is 6.06. The van der Waals surface area contributed by atoms with Crippen LogP contribution in [0.5, 0.6) is 5.75 Å². The number of Topliss-reactive ketones (excluding diaryl/α,β-unsaturated/α-hetero) is 1. The van der Waals surface area contributed by atoms with Gasteiger partial charge in [0.15, 0.2) is 0 Å². The molecule has 2 aliphatic rings. The third-order valence-corrected chi connectivity index (χ3v) is 3.65. The molecule has 0 spiro atoms. The first-order chi connectivity index (χ1) is 8.24. The van der Waals surface area contributed by atoms with Gasteiger partial charge in [0, 0.05) is 42.4 Å². The van der Waals surface area contributed by atoms with Gasteiger partial charge in [0.2, 0.25) is 0 Å². The molecule has 0 saturated carbocycles. The van der Waals surface area contributed by atoms with E-state index in [4.69, 9.17) is 16.3 Å². The lowest BCUT2D eigenvalue weighted by molar-refractivity contribution is -0.123. The van der Waals surface area contributed by atoms with Crippen LogP contribution in [-0.4, -0.2) is 25.5 Å².